The standard InChI is InChI=1S/C4H2F2.2ClH/c1-2-3-4(5)6;;/h1H2;2*1H. The van der Waals surface area contributed by atoms with Crippen LogP contribution in [0.1, 0.15) is 0 Å². The maximum absolute atomic E-state index is 10.7. The van der Waals surface area contributed by atoms with Crippen LogP contribution in [0.3, 0.4) is 0 Å². The summed E-state index contributed by atoms with van der Waals surface area (Å²) in [6.45, 7) is 2.86. The Morgan fingerprint density at radius 1 is 1.25 bits per heavy atom. The molecule has 0 spiro atoms. The highest BCUT2D eigenvalue weighted by atomic mass is 35.5. The van der Waals surface area contributed by atoms with Crippen LogP contribution in [0.4, 0.5) is 8.78 Å². The Morgan fingerprint density at radius 2 is 1.62 bits per heavy atom. The van der Waals surface area contributed by atoms with Crippen molar-refractivity contribution in [2.75, 3.05) is 0 Å². The number of halogens is 4. The van der Waals surface area contributed by atoms with Crippen molar-refractivity contribution in [1.29, 1.82) is 0 Å². The van der Waals surface area contributed by atoms with Crippen LogP contribution in [0.5, 0.6) is 0 Å². The molecule has 0 aliphatic heterocycles. The molecule has 8 heavy (non-hydrogen) atoms. The molecule has 0 rings (SSSR count). The number of hydrogen-bond donors (Lipinski definition) is 0. The van der Waals surface area contributed by atoms with Gasteiger partial charge >= 0.3 is 6.08 Å². The molecular weight excluding hydrogens is 157 g/mol. The molecule has 4 heteroatoms. The molecule has 0 nitrogen and oxygen atoms in total. The van der Waals surface area contributed by atoms with Gasteiger partial charge in [-0.3, -0.25) is 0 Å². The van der Waals surface area contributed by atoms with Gasteiger partial charge in [-0.15, -0.1) is 24.8 Å². The van der Waals surface area contributed by atoms with Crippen molar-refractivity contribution < 1.29 is 8.78 Å². The molecule has 0 aromatic rings. The maximum Gasteiger partial charge on any atom is 0.321 e. The summed E-state index contributed by atoms with van der Waals surface area (Å²) in [4.78, 5) is 0. The van der Waals surface area contributed by atoms with E-state index >= 15 is 0 Å². The van der Waals surface area contributed by atoms with Gasteiger partial charge in [0.25, 0.3) is 0 Å². The average Bonchev–Trinajstić information content (AvgIpc) is 1.35. The first-order valence-corrected chi connectivity index (χ1v) is 1.23. The van der Waals surface area contributed by atoms with Crippen LogP contribution in [0.25, 0.3) is 0 Å². The Morgan fingerprint density at radius 3 is 1.62 bits per heavy atom. The predicted octanol–water partition coefficient (Wildman–Crippen LogP) is 2.55. The third kappa shape index (κ3) is 17.2. The molecule has 48 valence electrons. The van der Waals surface area contributed by atoms with E-state index in [1.54, 1.807) is 5.73 Å². The molecule has 0 heterocycles. The molecular formula is C4H4Cl2F2. The van der Waals surface area contributed by atoms with Crippen LogP contribution in [-0.2, 0) is 0 Å². The summed E-state index contributed by atoms with van der Waals surface area (Å²) in [7, 11) is 0. The fourth-order valence-corrected chi connectivity index (χ4v) is 0.0668. The first kappa shape index (κ1) is 15.6. The summed E-state index contributed by atoms with van der Waals surface area (Å²) in [6.07, 6.45) is -1.88. The van der Waals surface area contributed by atoms with E-state index in [0.29, 0.717) is 0 Å². The minimum atomic E-state index is -1.88. The van der Waals surface area contributed by atoms with Gasteiger partial charge in [0.1, 0.15) is 0 Å². The molecule has 0 atom stereocenters. The molecule has 0 bridgehead atoms. The summed E-state index contributed by atoms with van der Waals surface area (Å²) >= 11 is 0. The largest absolute Gasteiger partial charge is 0.321 e. The van der Waals surface area contributed by atoms with Crippen LogP contribution < -0.4 is 0 Å². The topological polar surface area (TPSA) is 0 Å². The molecule has 0 aliphatic carbocycles. The zero-order chi connectivity index (χ0) is 4.99. The van der Waals surface area contributed by atoms with Crippen molar-refractivity contribution >= 4 is 24.8 Å². The summed E-state index contributed by atoms with van der Waals surface area (Å²) in [5, 5.41) is 0. The number of rotatable bonds is 0. The van der Waals surface area contributed by atoms with E-state index in [9.17, 15) is 8.78 Å². The predicted molar refractivity (Wildman–Crippen MR) is 32.9 cm³/mol. The molecule has 0 aromatic carbocycles. The molecule has 0 aliphatic rings. The van der Waals surface area contributed by atoms with Crippen LogP contribution in [0.2, 0.25) is 0 Å². The highest BCUT2D eigenvalue weighted by Crippen LogP contribution is 1.89. The van der Waals surface area contributed by atoms with E-state index in [4.69, 9.17) is 0 Å². The normalized spacial score (nSPS) is 4.25. The fourth-order valence-electron chi connectivity index (χ4n) is 0.0668. The lowest BCUT2D eigenvalue weighted by molar-refractivity contribution is 0.424. The second-order valence-electron chi connectivity index (χ2n) is 0.562. The smallest absolute Gasteiger partial charge is 0.163 e. The van der Waals surface area contributed by atoms with Gasteiger partial charge in [-0.05, 0) is 12.3 Å². The third-order valence-electron chi connectivity index (χ3n) is 0.183. The minimum Gasteiger partial charge on any atom is -0.163 e. The molecule has 0 N–H and O–H groups in total. The molecule has 0 fully saturated rings. The van der Waals surface area contributed by atoms with Crippen LogP contribution in [0.15, 0.2) is 24.1 Å². The van der Waals surface area contributed by atoms with Gasteiger partial charge in [-0.25, -0.2) is 0 Å². The second kappa shape index (κ2) is 9.88. The van der Waals surface area contributed by atoms with E-state index < -0.39 is 6.08 Å². The lowest BCUT2D eigenvalue weighted by atomic mass is 10.8. The molecule has 0 amide bonds. The summed E-state index contributed by atoms with van der Waals surface area (Å²) in [6, 6.07) is 0. The van der Waals surface area contributed by atoms with Crippen molar-refractivity contribution in [3.05, 3.63) is 24.1 Å². The van der Waals surface area contributed by atoms with Crippen LogP contribution >= 0.6 is 24.8 Å². The average molecular weight is 161 g/mol. The highest BCUT2D eigenvalue weighted by molar-refractivity contribution is 5.85. The monoisotopic (exact) mass is 160 g/mol. The Labute approximate surface area is 58.4 Å². The third-order valence-corrected chi connectivity index (χ3v) is 0.183. The van der Waals surface area contributed by atoms with Gasteiger partial charge in [0.15, 0.2) is 0 Å². The lowest BCUT2D eigenvalue weighted by Crippen LogP contribution is -1.39. The molecule has 0 saturated heterocycles. The van der Waals surface area contributed by atoms with E-state index in [0.717, 1.165) is 0 Å². The Balaban J connectivity index is -0.000000125. The van der Waals surface area contributed by atoms with Gasteiger partial charge in [0.2, 0.25) is 0 Å². The Hall–Kier alpha value is -0.260. The van der Waals surface area contributed by atoms with E-state index in [-0.39, 0.29) is 24.8 Å². The molecule has 0 saturated carbocycles. The van der Waals surface area contributed by atoms with Gasteiger partial charge < -0.3 is 0 Å². The number of hydrogen-bond acceptors (Lipinski definition) is 0. The Kier molecular flexibility index (Phi) is 19.3. The van der Waals surface area contributed by atoms with Crippen molar-refractivity contribution in [2.24, 2.45) is 0 Å². The van der Waals surface area contributed by atoms with E-state index in [2.05, 4.69) is 6.58 Å². The summed E-state index contributed by atoms with van der Waals surface area (Å²) in [5.41, 5.74) is 3.21. The van der Waals surface area contributed by atoms with Crippen molar-refractivity contribution in [2.45, 2.75) is 0 Å². The summed E-state index contributed by atoms with van der Waals surface area (Å²) in [5.74, 6) is 0. The SMILES string of the molecule is C=C=C=C(F)F.Cl.Cl. The van der Waals surface area contributed by atoms with E-state index in [1.807, 2.05) is 0 Å². The molecule has 0 aromatic heterocycles. The molecule has 0 unspecified atom stereocenters. The van der Waals surface area contributed by atoms with Crippen molar-refractivity contribution in [3.63, 3.8) is 0 Å². The fraction of sp³-hybridized carbons (Fsp3) is 0. The van der Waals surface area contributed by atoms with Crippen LogP contribution in [-0.4, -0.2) is 0 Å². The van der Waals surface area contributed by atoms with Crippen molar-refractivity contribution in [3.8, 4) is 0 Å². The van der Waals surface area contributed by atoms with Gasteiger partial charge in [-0.2, -0.15) is 8.78 Å². The quantitative estimate of drug-likeness (QED) is 0.479. The zero-order valence-electron chi connectivity index (χ0n) is 3.78. The molecule has 0 radical (unpaired) electrons. The van der Waals surface area contributed by atoms with Crippen LogP contribution in [0, 0.1) is 0 Å². The first-order valence-electron chi connectivity index (χ1n) is 1.23. The first-order chi connectivity index (χ1) is 2.77. The van der Waals surface area contributed by atoms with Gasteiger partial charge in [0, 0.05) is 0 Å². The second-order valence-corrected chi connectivity index (χ2v) is 0.562. The van der Waals surface area contributed by atoms with Crippen molar-refractivity contribution in [1.82, 2.24) is 0 Å². The van der Waals surface area contributed by atoms with E-state index in [1.165, 1.54) is 5.73 Å². The summed E-state index contributed by atoms with van der Waals surface area (Å²) < 4.78 is 21.5. The lowest BCUT2D eigenvalue weighted by Gasteiger charge is -1.56. The highest BCUT2D eigenvalue weighted by Gasteiger charge is 1.73. The maximum atomic E-state index is 10.7. The van der Waals surface area contributed by atoms with Gasteiger partial charge in [0.05, 0.1) is 0 Å². The zero-order valence-corrected chi connectivity index (χ0v) is 5.41. The minimum absolute atomic E-state index is 0. The Bertz CT molecular complexity index is 116. The van der Waals surface area contributed by atoms with Gasteiger partial charge in [-0.1, -0.05) is 5.73 Å².